The molecule has 2 aromatic rings. The molecular formula is C15H15FN2O. The van der Waals surface area contributed by atoms with Gasteiger partial charge in [-0.2, -0.15) is 0 Å². The van der Waals surface area contributed by atoms with Crippen molar-refractivity contribution in [2.75, 3.05) is 0 Å². The van der Waals surface area contributed by atoms with Crippen molar-refractivity contribution in [2.45, 2.75) is 20.4 Å². The molecule has 4 heteroatoms. The first kappa shape index (κ1) is 13.2. The number of halogens is 1. The maximum atomic E-state index is 13.6. The molecule has 0 saturated carbocycles. The van der Waals surface area contributed by atoms with Gasteiger partial charge in [0.25, 0.3) is 5.91 Å². The van der Waals surface area contributed by atoms with Crippen molar-refractivity contribution in [3.05, 3.63) is 64.7 Å². The fraction of sp³-hybridized carbons (Fsp3) is 0.200. The molecule has 0 atom stereocenters. The molecular weight excluding hydrogens is 243 g/mol. The Labute approximate surface area is 111 Å². The van der Waals surface area contributed by atoms with E-state index in [1.54, 1.807) is 25.4 Å². The van der Waals surface area contributed by atoms with Crippen LogP contribution in [0.3, 0.4) is 0 Å². The Morgan fingerprint density at radius 3 is 2.79 bits per heavy atom. The summed E-state index contributed by atoms with van der Waals surface area (Å²) in [6, 6.07) is 6.41. The number of nitrogens with zero attached hydrogens (tertiary/aromatic N) is 1. The van der Waals surface area contributed by atoms with Gasteiger partial charge < -0.3 is 5.32 Å². The van der Waals surface area contributed by atoms with Crippen LogP contribution in [-0.2, 0) is 6.54 Å². The smallest absolute Gasteiger partial charge is 0.254 e. The second kappa shape index (κ2) is 5.61. The summed E-state index contributed by atoms with van der Waals surface area (Å²) in [6.07, 6.45) is 3.40. The first-order valence-electron chi connectivity index (χ1n) is 6.02. The van der Waals surface area contributed by atoms with E-state index in [2.05, 4.69) is 10.3 Å². The summed E-state index contributed by atoms with van der Waals surface area (Å²) in [5, 5.41) is 2.71. The fourth-order valence-electron chi connectivity index (χ4n) is 1.78. The average molecular weight is 258 g/mol. The molecule has 19 heavy (non-hydrogen) atoms. The third kappa shape index (κ3) is 3.16. The van der Waals surface area contributed by atoms with Crippen molar-refractivity contribution < 1.29 is 9.18 Å². The topological polar surface area (TPSA) is 42.0 Å². The normalized spacial score (nSPS) is 10.3. The molecule has 1 aromatic carbocycles. The van der Waals surface area contributed by atoms with E-state index in [0.717, 1.165) is 16.7 Å². The minimum Gasteiger partial charge on any atom is -0.348 e. The molecule has 0 unspecified atom stereocenters. The number of rotatable bonds is 3. The Balaban J connectivity index is 2.08. The lowest BCUT2D eigenvalue weighted by atomic mass is 10.1. The number of carbonyl (C=O) groups is 1. The maximum Gasteiger partial charge on any atom is 0.254 e. The minimum atomic E-state index is -0.496. The SMILES string of the molecule is Cc1ccc(C(=O)NCc2ccncc2C)c(F)c1. The molecule has 0 aliphatic heterocycles. The summed E-state index contributed by atoms with van der Waals surface area (Å²) < 4.78 is 13.6. The average Bonchev–Trinajstić information content (AvgIpc) is 2.37. The Kier molecular flexibility index (Phi) is 3.90. The molecule has 1 aromatic heterocycles. The Bertz CT molecular complexity index is 611. The molecule has 0 spiro atoms. The van der Waals surface area contributed by atoms with Crippen LogP contribution >= 0.6 is 0 Å². The quantitative estimate of drug-likeness (QED) is 0.919. The van der Waals surface area contributed by atoms with Crippen LogP contribution in [0.15, 0.2) is 36.7 Å². The van der Waals surface area contributed by atoms with Crippen LogP contribution < -0.4 is 5.32 Å². The van der Waals surface area contributed by atoms with Crippen molar-refractivity contribution in [3.63, 3.8) is 0 Å². The zero-order chi connectivity index (χ0) is 13.8. The second-order valence-electron chi connectivity index (χ2n) is 4.47. The molecule has 0 fully saturated rings. The summed E-state index contributed by atoms with van der Waals surface area (Å²) in [7, 11) is 0. The highest BCUT2D eigenvalue weighted by Gasteiger charge is 2.11. The lowest BCUT2D eigenvalue weighted by Gasteiger charge is -2.08. The van der Waals surface area contributed by atoms with E-state index in [-0.39, 0.29) is 5.56 Å². The second-order valence-corrected chi connectivity index (χ2v) is 4.47. The Hall–Kier alpha value is -2.23. The van der Waals surface area contributed by atoms with E-state index in [1.165, 1.54) is 12.1 Å². The summed E-state index contributed by atoms with van der Waals surface area (Å²) in [6.45, 7) is 4.06. The third-order valence-corrected chi connectivity index (χ3v) is 2.95. The highest BCUT2D eigenvalue weighted by atomic mass is 19.1. The van der Waals surface area contributed by atoms with Gasteiger partial charge in [-0.1, -0.05) is 6.07 Å². The fourth-order valence-corrected chi connectivity index (χ4v) is 1.78. The number of aromatic nitrogens is 1. The van der Waals surface area contributed by atoms with Crippen LogP contribution in [0.1, 0.15) is 27.0 Å². The van der Waals surface area contributed by atoms with E-state index in [0.29, 0.717) is 6.54 Å². The van der Waals surface area contributed by atoms with E-state index in [1.807, 2.05) is 13.0 Å². The van der Waals surface area contributed by atoms with Crippen LogP contribution in [0.4, 0.5) is 4.39 Å². The molecule has 1 N–H and O–H groups in total. The molecule has 0 aliphatic rings. The van der Waals surface area contributed by atoms with Crippen LogP contribution in [0.25, 0.3) is 0 Å². The van der Waals surface area contributed by atoms with Gasteiger partial charge in [-0.05, 0) is 48.7 Å². The standard InChI is InChI=1S/C15H15FN2O/c1-10-3-4-13(14(16)7-10)15(19)18-9-12-5-6-17-8-11(12)2/h3-8H,9H2,1-2H3,(H,18,19). The zero-order valence-electron chi connectivity index (χ0n) is 10.9. The van der Waals surface area contributed by atoms with Crippen molar-refractivity contribution in [3.8, 4) is 0 Å². The summed E-state index contributed by atoms with van der Waals surface area (Å²) in [4.78, 5) is 15.9. The van der Waals surface area contributed by atoms with E-state index in [4.69, 9.17) is 0 Å². The lowest BCUT2D eigenvalue weighted by Crippen LogP contribution is -2.24. The summed E-state index contributed by atoms with van der Waals surface area (Å²) >= 11 is 0. The van der Waals surface area contributed by atoms with Crippen LogP contribution in [0, 0.1) is 19.7 Å². The molecule has 3 nitrogen and oxygen atoms in total. The number of amides is 1. The highest BCUT2D eigenvalue weighted by molar-refractivity contribution is 5.94. The Morgan fingerprint density at radius 2 is 2.11 bits per heavy atom. The molecule has 0 bridgehead atoms. The number of nitrogens with one attached hydrogen (secondary N) is 1. The van der Waals surface area contributed by atoms with Crippen LogP contribution in [-0.4, -0.2) is 10.9 Å². The molecule has 98 valence electrons. The molecule has 0 aliphatic carbocycles. The van der Waals surface area contributed by atoms with Crippen molar-refractivity contribution in [1.29, 1.82) is 0 Å². The molecule has 1 heterocycles. The van der Waals surface area contributed by atoms with Gasteiger partial charge in [0.1, 0.15) is 5.82 Å². The zero-order valence-corrected chi connectivity index (χ0v) is 10.9. The van der Waals surface area contributed by atoms with Gasteiger partial charge in [0.2, 0.25) is 0 Å². The number of aryl methyl sites for hydroxylation is 2. The monoisotopic (exact) mass is 258 g/mol. The van der Waals surface area contributed by atoms with Gasteiger partial charge in [0.05, 0.1) is 5.56 Å². The third-order valence-electron chi connectivity index (χ3n) is 2.95. The van der Waals surface area contributed by atoms with Gasteiger partial charge >= 0.3 is 0 Å². The van der Waals surface area contributed by atoms with Crippen LogP contribution in [0.2, 0.25) is 0 Å². The minimum absolute atomic E-state index is 0.0670. The molecule has 0 saturated heterocycles. The van der Waals surface area contributed by atoms with E-state index in [9.17, 15) is 9.18 Å². The van der Waals surface area contributed by atoms with E-state index < -0.39 is 11.7 Å². The summed E-state index contributed by atoms with van der Waals surface area (Å²) in [5.41, 5.74) is 2.82. The van der Waals surface area contributed by atoms with Crippen LogP contribution in [0.5, 0.6) is 0 Å². The highest BCUT2D eigenvalue weighted by Crippen LogP contribution is 2.10. The van der Waals surface area contributed by atoms with Crippen molar-refractivity contribution >= 4 is 5.91 Å². The van der Waals surface area contributed by atoms with Crippen molar-refractivity contribution in [2.24, 2.45) is 0 Å². The molecule has 1 amide bonds. The summed E-state index contributed by atoms with van der Waals surface area (Å²) in [5.74, 6) is -0.905. The number of carbonyl (C=O) groups excluding carboxylic acids is 1. The van der Waals surface area contributed by atoms with Gasteiger partial charge in [0, 0.05) is 18.9 Å². The lowest BCUT2D eigenvalue weighted by molar-refractivity contribution is 0.0947. The van der Waals surface area contributed by atoms with Gasteiger partial charge in [-0.25, -0.2) is 4.39 Å². The predicted octanol–water partition coefficient (Wildman–Crippen LogP) is 2.77. The number of hydrogen-bond donors (Lipinski definition) is 1. The molecule has 2 rings (SSSR count). The van der Waals surface area contributed by atoms with Gasteiger partial charge in [0.15, 0.2) is 0 Å². The first-order chi connectivity index (χ1) is 9.08. The number of pyridine rings is 1. The Morgan fingerprint density at radius 1 is 1.32 bits per heavy atom. The first-order valence-corrected chi connectivity index (χ1v) is 6.02. The number of hydrogen-bond acceptors (Lipinski definition) is 2. The molecule has 0 radical (unpaired) electrons. The van der Waals surface area contributed by atoms with Gasteiger partial charge in [-0.3, -0.25) is 9.78 Å². The largest absolute Gasteiger partial charge is 0.348 e. The number of benzene rings is 1. The predicted molar refractivity (Wildman–Crippen MR) is 71.3 cm³/mol. The van der Waals surface area contributed by atoms with E-state index >= 15 is 0 Å². The van der Waals surface area contributed by atoms with Crippen molar-refractivity contribution in [1.82, 2.24) is 10.3 Å². The maximum absolute atomic E-state index is 13.6. The van der Waals surface area contributed by atoms with Gasteiger partial charge in [-0.15, -0.1) is 0 Å².